The predicted molar refractivity (Wildman–Crippen MR) is 105 cm³/mol. The van der Waals surface area contributed by atoms with Gasteiger partial charge >= 0.3 is 5.69 Å². The number of fused-ring (bicyclic) bond motifs is 1. The van der Waals surface area contributed by atoms with E-state index in [9.17, 15) is 14.4 Å². The molecule has 2 aromatic rings. The van der Waals surface area contributed by atoms with Gasteiger partial charge in [0.15, 0.2) is 0 Å². The molecule has 0 aliphatic carbocycles. The number of amides is 2. The minimum atomic E-state index is -0.167. The van der Waals surface area contributed by atoms with Gasteiger partial charge in [-0.05, 0) is 44.9 Å². The lowest BCUT2D eigenvalue weighted by Crippen LogP contribution is -2.47. The molecule has 3 rings (SSSR count). The predicted octanol–water partition coefficient (Wildman–Crippen LogP) is 2.29. The molecule has 7 heteroatoms. The molecule has 1 aliphatic rings. The maximum Gasteiger partial charge on any atom is 0.326 e. The van der Waals surface area contributed by atoms with Crippen LogP contribution < -0.4 is 11.0 Å². The molecule has 1 aromatic carbocycles. The largest absolute Gasteiger partial charge is 0.349 e. The SMILES string of the molecule is CC(C)C(=O)N1CCC(NC(=O)c2ccc3[nH]c(=O)n(C(C)C)c3c2)CC1. The second-order valence-electron chi connectivity index (χ2n) is 7.85. The van der Waals surface area contributed by atoms with Crippen LogP contribution in [0.25, 0.3) is 11.0 Å². The van der Waals surface area contributed by atoms with Crippen LogP contribution in [-0.2, 0) is 4.79 Å². The van der Waals surface area contributed by atoms with Crippen LogP contribution in [0.15, 0.2) is 23.0 Å². The van der Waals surface area contributed by atoms with Crippen LogP contribution in [0.1, 0.15) is 56.9 Å². The van der Waals surface area contributed by atoms with E-state index in [1.54, 1.807) is 22.8 Å². The van der Waals surface area contributed by atoms with Crippen molar-refractivity contribution < 1.29 is 9.59 Å². The highest BCUT2D eigenvalue weighted by Gasteiger charge is 2.25. The van der Waals surface area contributed by atoms with Crippen molar-refractivity contribution in [1.29, 1.82) is 0 Å². The van der Waals surface area contributed by atoms with Crippen molar-refractivity contribution in [3.63, 3.8) is 0 Å². The molecular weight excluding hydrogens is 344 g/mol. The van der Waals surface area contributed by atoms with Crippen molar-refractivity contribution in [2.45, 2.75) is 52.6 Å². The normalized spacial score (nSPS) is 15.7. The molecule has 0 bridgehead atoms. The molecule has 1 saturated heterocycles. The number of rotatable bonds is 4. The zero-order valence-corrected chi connectivity index (χ0v) is 16.4. The van der Waals surface area contributed by atoms with Gasteiger partial charge in [-0.3, -0.25) is 14.2 Å². The highest BCUT2D eigenvalue weighted by molar-refractivity contribution is 5.97. The molecule has 2 amide bonds. The fourth-order valence-corrected chi connectivity index (χ4v) is 3.65. The summed E-state index contributed by atoms with van der Waals surface area (Å²) in [5.41, 5.74) is 1.84. The molecule has 0 spiro atoms. The van der Waals surface area contributed by atoms with Gasteiger partial charge in [-0.25, -0.2) is 4.79 Å². The first-order valence-electron chi connectivity index (χ1n) is 9.62. The number of nitrogens with zero attached hydrogens (tertiary/aromatic N) is 2. The fourth-order valence-electron chi connectivity index (χ4n) is 3.65. The van der Waals surface area contributed by atoms with Crippen molar-refractivity contribution in [2.75, 3.05) is 13.1 Å². The summed E-state index contributed by atoms with van der Waals surface area (Å²) in [6, 6.07) is 5.33. The van der Waals surface area contributed by atoms with Gasteiger partial charge in [0.2, 0.25) is 5.91 Å². The monoisotopic (exact) mass is 372 g/mol. The molecule has 146 valence electrons. The molecule has 1 aliphatic heterocycles. The van der Waals surface area contributed by atoms with E-state index >= 15 is 0 Å². The Bertz CT molecular complexity index is 902. The molecule has 0 unspecified atom stereocenters. The number of carbonyl (C=O) groups is 2. The van der Waals surface area contributed by atoms with Crippen LogP contribution in [0, 0.1) is 5.92 Å². The summed E-state index contributed by atoms with van der Waals surface area (Å²) in [6.45, 7) is 9.03. The van der Waals surface area contributed by atoms with Crippen LogP contribution in [0.3, 0.4) is 0 Å². The molecule has 7 nitrogen and oxygen atoms in total. The van der Waals surface area contributed by atoms with Gasteiger partial charge in [-0.2, -0.15) is 0 Å². The third-order valence-electron chi connectivity index (χ3n) is 5.13. The highest BCUT2D eigenvalue weighted by Crippen LogP contribution is 2.18. The van der Waals surface area contributed by atoms with Gasteiger partial charge in [-0.15, -0.1) is 0 Å². The summed E-state index contributed by atoms with van der Waals surface area (Å²) in [4.78, 5) is 41.5. The lowest BCUT2D eigenvalue weighted by atomic mass is 10.0. The lowest BCUT2D eigenvalue weighted by Gasteiger charge is -2.33. The number of benzene rings is 1. The summed E-state index contributed by atoms with van der Waals surface area (Å²) in [6.07, 6.45) is 1.51. The number of imidazole rings is 1. The van der Waals surface area contributed by atoms with E-state index < -0.39 is 0 Å². The zero-order chi connectivity index (χ0) is 19.7. The number of H-pyrrole nitrogens is 1. The Balaban J connectivity index is 1.69. The Kier molecular flexibility index (Phi) is 5.39. The number of hydrogen-bond acceptors (Lipinski definition) is 3. The van der Waals surface area contributed by atoms with Crippen LogP contribution in [0.4, 0.5) is 0 Å². The van der Waals surface area contributed by atoms with Gasteiger partial charge in [0.1, 0.15) is 0 Å². The number of hydrogen-bond donors (Lipinski definition) is 2. The minimum Gasteiger partial charge on any atom is -0.349 e. The third kappa shape index (κ3) is 3.91. The van der Waals surface area contributed by atoms with E-state index in [2.05, 4.69) is 10.3 Å². The number of likely N-dealkylation sites (tertiary alicyclic amines) is 1. The summed E-state index contributed by atoms with van der Waals surface area (Å²) < 4.78 is 1.65. The van der Waals surface area contributed by atoms with E-state index in [1.807, 2.05) is 32.6 Å². The van der Waals surface area contributed by atoms with Crippen molar-refractivity contribution in [3.8, 4) is 0 Å². The number of piperidine rings is 1. The Labute approximate surface area is 158 Å². The fraction of sp³-hybridized carbons (Fsp3) is 0.550. The Morgan fingerprint density at radius 3 is 2.41 bits per heavy atom. The summed E-state index contributed by atoms with van der Waals surface area (Å²) in [7, 11) is 0. The maximum absolute atomic E-state index is 12.7. The summed E-state index contributed by atoms with van der Waals surface area (Å²) in [5, 5.41) is 3.07. The van der Waals surface area contributed by atoms with Crippen molar-refractivity contribution in [2.24, 2.45) is 5.92 Å². The number of aromatic amines is 1. The van der Waals surface area contributed by atoms with Gasteiger partial charge in [-0.1, -0.05) is 13.8 Å². The highest BCUT2D eigenvalue weighted by atomic mass is 16.2. The number of nitrogens with one attached hydrogen (secondary N) is 2. The van der Waals surface area contributed by atoms with Crippen molar-refractivity contribution in [1.82, 2.24) is 19.8 Å². The van der Waals surface area contributed by atoms with Gasteiger partial charge in [0.25, 0.3) is 5.91 Å². The van der Waals surface area contributed by atoms with Crippen LogP contribution >= 0.6 is 0 Å². The average molecular weight is 372 g/mol. The van der Waals surface area contributed by atoms with E-state index in [0.29, 0.717) is 18.7 Å². The standard InChI is InChI=1S/C20H28N4O3/c1-12(2)19(26)23-9-7-15(8-10-23)21-18(25)14-5-6-16-17(11-14)24(13(3)4)20(27)22-16/h5-6,11-13,15H,7-10H2,1-4H3,(H,21,25)(H,22,27). The average Bonchev–Trinajstić information content (AvgIpc) is 2.96. The van der Waals surface area contributed by atoms with Gasteiger partial charge in [0.05, 0.1) is 11.0 Å². The second-order valence-corrected chi connectivity index (χ2v) is 7.85. The van der Waals surface area contributed by atoms with Gasteiger partial charge < -0.3 is 15.2 Å². The van der Waals surface area contributed by atoms with Crippen LogP contribution in [0.2, 0.25) is 0 Å². The first kappa shape index (κ1) is 19.2. The first-order chi connectivity index (χ1) is 12.8. The molecule has 0 atom stereocenters. The van der Waals surface area contributed by atoms with Gasteiger partial charge in [0, 0.05) is 36.7 Å². The second kappa shape index (κ2) is 7.58. The van der Waals surface area contributed by atoms with Crippen LogP contribution in [0.5, 0.6) is 0 Å². The van der Waals surface area contributed by atoms with Crippen LogP contribution in [-0.4, -0.2) is 45.4 Å². The van der Waals surface area contributed by atoms with E-state index in [4.69, 9.17) is 0 Å². The third-order valence-corrected chi connectivity index (χ3v) is 5.13. The Hall–Kier alpha value is -2.57. The maximum atomic E-state index is 12.7. The van der Waals surface area contributed by atoms with E-state index in [-0.39, 0.29) is 35.5 Å². The first-order valence-corrected chi connectivity index (χ1v) is 9.62. The van der Waals surface area contributed by atoms with E-state index in [1.165, 1.54) is 0 Å². The lowest BCUT2D eigenvalue weighted by molar-refractivity contribution is -0.135. The minimum absolute atomic E-state index is 0.00257. The quantitative estimate of drug-likeness (QED) is 0.863. The summed E-state index contributed by atoms with van der Waals surface area (Å²) in [5.74, 6) is 0.0293. The Morgan fingerprint density at radius 1 is 1.15 bits per heavy atom. The zero-order valence-electron chi connectivity index (χ0n) is 16.4. The topological polar surface area (TPSA) is 87.2 Å². The van der Waals surface area contributed by atoms with Crippen molar-refractivity contribution in [3.05, 3.63) is 34.2 Å². The Morgan fingerprint density at radius 2 is 1.81 bits per heavy atom. The number of carbonyl (C=O) groups excluding carboxylic acids is 2. The molecule has 1 fully saturated rings. The molecule has 27 heavy (non-hydrogen) atoms. The molecule has 0 saturated carbocycles. The molecule has 2 N–H and O–H groups in total. The molecule has 0 radical (unpaired) electrons. The smallest absolute Gasteiger partial charge is 0.326 e. The molecule has 1 aromatic heterocycles. The summed E-state index contributed by atoms with van der Waals surface area (Å²) >= 11 is 0. The number of aromatic nitrogens is 2. The molecule has 2 heterocycles. The van der Waals surface area contributed by atoms with Crippen molar-refractivity contribution >= 4 is 22.8 Å². The van der Waals surface area contributed by atoms with E-state index in [0.717, 1.165) is 23.9 Å². The molecular formula is C20H28N4O3.